The zero-order chi connectivity index (χ0) is 24.1. The van der Waals surface area contributed by atoms with Crippen molar-refractivity contribution in [1.29, 1.82) is 0 Å². The minimum absolute atomic E-state index is 0.196. The molecule has 2 N–H and O–H groups in total. The van der Waals surface area contributed by atoms with E-state index in [1.54, 1.807) is 25.2 Å². The molecule has 0 bridgehead atoms. The number of rotatable bonds is 4. The summed E-state index contributed by atoms with van der Waals surface area (Å²) in [7, 11) is 0. The highest BCUT2D eigenvalue weighted by atomic mass is 32.1. The molecule has 2 heterocycles. The lowest BCUT2D eigenvalue weighted by Gasteiger charge is -2.41. The maximum atomic E-state index is 13.0. The van der Waals surface area contributed by atoms with Gasteiger partial charge in [-0.05, 0) is 51.2 Å². The van der Waals surface area contributed by atoms with Crippen molar-refractivity contribution in [2.24, 2.45) is 5.92 Å². The Hall–Kier alpha value is -1.68. The third kappa shape index (κ3) is 5.81. The number of hydrogen-bond donors (Lipinski definition) is 3. The zero-order valence-corrected chi connectivity index (χ0v) is 20.1. The molecule has 1 aliphatic carbocycles. The molecule has 0 aromatic rings. The number of Topliss-reactive ketones (excluding diaryl/α,β-unsaturated/α-hetero) is 1. The quantitative estimate of drug-likeness (QED) is 0.328. The number of hydrogen-bond acceptors (Lipinski definition) is 8. The summed E-state index contributed by atoms with van der Waals surface area (Å²) in [5.41, 5.74) is 0.202. The molecule has 9 heteroatoms. The molecule has 1 amide bonds. The predicted molar refractivity (Wildman–Crippen MR) is 122 cm³/mol. The summed E-state index contributed by atoms with van der Waals surface area (Å²) in [5, 5.41) is 20.9. The highest BCUT2D eigenvalue weighted by Gasteiger charge is 2.52. The maximum absolute atomic E-state index is 13.0. The molecular formula is C23H35NO7S. The van der Waals surface area contributed by atoms with Crippen LogP contribution >= 0.6 is 12.6 Å². The van der Waals surface area contributed by atoms with Crippen LogP contribution < -0.4 is 0 Å². The molecule has 2 aliphatic heterocycles. The molecule has 3 rings (SSSR count). The Labute approximate surface area is 195 Å². The fraction of sp³-hybridized carbons (Fsp3) is 0.696. The molecule has 8 nitrogen and oxygen atoms in total. The van der Waals surface area contributed by atoms with Crippen LogP contribution in [0.5, 0.6) is 0 Å². The molecule has 2 saturated heterocycles. The molecule has 6 atom stereocenters. The Bertz CT molecular complexity index is 767. The number of carbonyl (C=O) groups is 3. The van der Waals surface area contributed by atoms with Crippen LogP contribution in [0.4, 0.5) is 0 Å². The average molecular weight is 470 g/mol. The minimum Gasteiger partial charge on any atom is -0.453 e. The molecular weight excluding hydrogens is 434 g/mol. The second-order valence-corrected chi connectivity index (χ2v) is 8.82. The van der Waals surface area contributed by atoms with Crippen molar-refractivity contribution in [3.63, 3.8) is 0 Å². The number of aliphatic hydroxyl groups is 2. The normalized spacial score (nSPS) is 34.7. The second-order valence-electron chi connectivity index (χ2n) is 8.25. The van der Waals surface area contributed by atoms with Gasteiger partial charge in [-0.2, -0.15) is 0 Å². The largest absolute Gasteiger partial charge is 0.453 e. The summed E-state index contributed by atoms with van der Waals surface area (Å²) in [5.74, 6) is -5.59. The zero-order valence-electron chi connectivity index (χ0n) is 19.2. The van der Waals surface area contributed by atoms with Crippen molar-refractivity contribution in [1.82, 2.24) is 4.90 Å². The fourth-order valence-electron chi connectivity index (χ4n) is 4.05. The molecule has 180 valence electrons. The van der Waals surface area contributed by atoms with Crippen LogP contribution in [0.3, 0.4) is 0 Å². The summed E-state index contributed by atoms with van der Waals surface area (Å²) in [6, 6.07) is -0.961. The van der Waals surface area contributed by atoms with Crippen molar-refractivity contribution >= 4 is 30.3 Å². The molecule has 0 aromatic carbocycles. The number of thiol groups is 1. The van der Waals surface area contributed by atoms with E-state index in [1.807, 2.05) is 20.8 Å². The van der Waals surface area contributed by atoms with Gasteiger partial charge in [0.15, 0.2) is 0 Å². The number of nitrogens with zero attached hydrogens (tertiary/aromatic N) is 1. The Morgan fingerprint density at radius 3 is 2.56 bits per heavy atom. The van der Waals surface area contributed by atoms with Crippen molar-refractivity contribution in [2.45, 2.75) is 89.3 Å². The van der Waals surface area contributed by atoms with E-state index in [0.29, 0.717) is 32.1 Å². The Balaban J connectivity index is 0.00000176. The molecule has 0 saturated carbocycles. The monoisotopic (exact) mass is 469 g/mol. The number of ketones is 1. The maximum Gasteiger partial charge on any atom is 0.329 e. The summed E-state index contributed by atoms with van der Waals surface area (Å²) in [6.45, 7) is 7.65. The van der Waals surface area contributed by atoms with Crippen LogP contribution in [0.25, 0.3) is 0 Å². The van der Waals surface area contributed by atoms with Gasteiger partial charge < -0.3 is 24.6 Å². The van der Waals surface area contributed by atoms with E-state index < -0.39 is 53.1 Å². The van der Waals surface area contributed by atoms with Crippen molar-refractivity contribution in [2.75, 3.05) is 6.54 Å². The standard InChI is InChI=1S/C21H29NO7S.C2H6/c1-12-6-8-16(15(23)11-12)28-20(26)14-5-3-4-10-22(14)19(25)18(24)21(27)13(2)7-9-17(30)29-21;1-2/h6,8,11,13-17,23,27,30H,3-5,7,9-10H2,1-2H3;1-2H3. The van der Waals surface area contributed by atoms with Gasteiger partial charge in [-0.3, -0.25) is 9.59 Å². The first-order valence-electron chi connectivity index (χ1n) is 11.3. The molecule has 6 unspecified atom stereocenters. The van der Waals surface area contributed by atoms with Crippen LogP contribution in [-0.4, -0.2) is 68.8 Å². The Morgan fingerprint density at radius 2 is 1.91 bits per heavy atom. The van der Waals surface area contributed by atoms with E-state index in [9.17, 15) is 24.6 Å². The van der Waals surface area contributed by atoms with E-state index in [4.69, 9.17) is 9.47 Å². The molecule has 0 spiro atoms. The van der Waals surface area contributed by atoms with Gasteiger partial charge in [0.2, 0.25) is 5.79 Å². The van der Waals surface area contributed by atoms with Gasteiger partial charge in [-0.1, -0.05) is 32.4 Å². The lowest BCUT2D eigenvalue weighted by Crippen LogP contribution is -2.60. The molecule has 0 radical (unpaired) electrons. The highest BCUT2D eigenvalue weighted by Crippen LogP contribution is 2.35. The lowest BCUT2D eigenvalue weighted by atomic mass is 9.88. The summed E-state index contributed by atoms with van der Waals surface area (Å²) >= 11 is 4.18. The molecule has 2 fully saturated rings. The highest BCUT2D eigenvalue weighted by molar-refractivity contribution is 7.80. The number of allylic oxidation sites excluding steroid dienone is 2. The molecule has 0 aromatic heterocycles. The van der Waals surface area contributed by atoms with Gasteiger partial charge in [0, 0.05) is 12.5 Å². The van der Waals surface area contributed by atoms with Crippen LogP contribution in [0.1, 0.15) is 59.8 Å². The number of carbonyl (C=O) groups excluding carboxylic acids is 3. The smallest absolute Gasteiger partial charge is 0.329 e. The third-order valence-electron chi connectivity index (χ3n) is 5.96. The number of esters is 1. The first-order chi connectivity index (χ1) is 15.1. The summed E-state index contributed by atoms with van der Waals surface area (Å²) in [6.07, 6.45) is 5.76. The summed E-state index contributed by atoms with van der Waals surface area (Å²) < 4.78 is 10.8. The number of amides is 1. The van der Waals surface area contributed by atoms with Gasteiger partial charge >= 0.3 is 5.97 Å². The fourth-order valence-corrected chi connectivity index (χ4v) is 4.36. The molecule has 3 aliphatic rings. The number of likely N-dealkylation sites (tertiary alicyclic amines) is 1. The SMILES string of the molecule is CC.CC1=CC(O)C(OC(=O)C2CCCCN2C(=O)C(=O)C2(O)OC(S)CCC2C)C=C1. The number of piperidine rings is 1. The molecule has 32 heavy (non-hydrogen) atoms. The Morgan fingerprint density at radius 1 is 1.22 bits per heavy atom. The van der Waals surface area contributed by atoms with E-state index in [-0.39, 0.29) is 6.54 Å². The number of aliphatic hydroxyl groups excluding tert-OH is 1. The average Bonchev–Trinajstić information content (AvgIpc) is 2.78. The Kier molecular flexibility index (Phi) is 9.51. The van der Waals surface area contributed by atoms with Gasteiger partial charge in [0.25, 0.3) is 11.7 Å². The minimum atomic E-state index is -2.27. The van der Waals surface area contributed by atoms with Gasteiger partial charge in [0.1, 0.15) is 23.7 Å². The van der Waals surface area contributed by atoms with E-state index >= 15 is 0 Å². The first kappa shape index (κ1) is 26.6. The predicted octanol–water partition coefficient (Wildman–Crippen LogP) is 2.14. The summed E-state index contributed by atoms with van der Waals surface area (Å²) in [4.78, 5) is 39.9. The van der Waals surface area contributed by atoms with Crippen molar-refractivity contribution in [3.8, 4) is 0 Å². The van der Waals surface area contributed by atoms with Crippen LogP contribution in [0.15, 0.2) is 23.8 Å². The topological polar surface area (TPSA) is 113 Å². The van der Waals surface area contributed by atoms with Gasteiger partial charge in [-0.15, -0.1) is 12.6 Å². The van der Waals surface area contributed by atoms with Crippen molar-refractivity contribution < 1.29 is 34.1 Å². The van der Waals surface area contributed by atoms with Gasteiger partial charge in [-0.25, -0.2) is 4.79 Å². The van der Waals surface area contributed by atoms with Crippen molar-refractivity contribution in [3.05, 3.63) is 23.8 Å². The first-order valence-corrected chi connectivity index (χ1v) is 11.8. The third-order valence-corrected chi connectivity index (χ3v) is 6.32. The van der Waals surface area contributed by atoms with Crippen LogP contribution in [-0.2, 0) is 23.9 Å². The lowest BCUT2D eigenvalue weighted by molar-refractivity contribution is -0.247. The van der Waals surface area contributed by atoms with Crippen LogP contribution in [0, 0.1) is 5.92 Å². The second kappa shape index (κ2) is 11.4. The number of ether oxygens (including phenoxy) is 2. The van der Waals surface area contributed by atoms with E-state index in [1.165, 1.54) is 0 Å². The van der Waals surface area contributed by atoms with Crippen LogP contribution in [0.2, 0.25) is 0 Å². The van der Waals surface area contributed by atoms with E-state index in [2.05, 4.69) is 12.6 Å². The van der Waals surface area contributed by atoms with E-state index in [0.717, 1.165) is 10.5 Å². The van der Waals surface area contributed by atoms with Gasteiger partial charge in [0.05, 0.1) is 0 Å².